The van der Waals surface area contributed by atoms with Crippen LogP contribution in [0.15, 0.2) is 28.8 Å². The maximum Gasteiger partial charge on any atom is 0.231 e. The molecule has 1 aromatic heterocycles. The molecule has 1 amide bonds. The summed E-state index contributed by atoms with van der Waals surface area (Å²) >= 11 is 0. The van der Waals surface area contributed by atoms with Gasteiger partial charge in [0.05, 0.1) is 12.5 Å². The van der Waals surface area contributed by atoms with E-state index in [4.69, 9.17) is 4.52 Å². The van der Waals surface area contributed by atoms with Gasteiger partial charge in [-0.3, -0.25) is 9.69 Å². The molecule has 0 aliphatic carbocycles. The van der Waals surface area contributed by atoms with Gasteiger partial charge in [0.2, 0.25) is 11.8 Å². The van der Waals surface area contributed by atoms with Crippen molar-refractivity contribution in [2.75, 3.05) is 32.0 Å². The predicted octanol–water partition coefficient (Wildman–Crippen LogP) is 2.61. The molecule has 0 radical (unpaired) electrons. The molecule has 1 aliphatic heterocycles. The van der Waals surface area contributed by atoms with E-state index in [0.29, 0.717) is 18.7 Å². The number of hydrogen-bond donors (Lipinski definition) is 2. The highest BCUT2D eigenvalue weighted by molar-refractivity contribution is 5.91. The van der Waals surface area contributed by atoms with E-state index in [2.05, 4.69) is 53.5 Å². The molecular weight excluding hydrogens is 342 g/mol. The molecule has 1 aliphatic rings. The normalized spacial score (nSPS) is 18.4. The molecule has 3 rings (SSSR count). The number of piperazine rings is 1. The lowest BCUT2D eigenvalue weighted by Gasteiger charge is -2.30. The Labute approximate surface area is 160 Å². The van der Waals surface area contributed by atoms with E-state index in [9.17, 15) is 4.79 Å². The topological polar surface area (TPSA) is 83.3 Å². The van der Waals surface area contributed by atoms with Crippen molar-refractivity contribution in [2.45, 2.75) is 39.7 Å². The van der Waals surface area contributed by atoms with Gasteiger partial charge in [-0.05, 0) is 30.2 Å². The van der Waals surface area contributed by atoms with Gasteiger partial charge in [0.15, 0.2) is 5.82 Å². The first kappa shape index (κ1) is 19.5. The Morgan fingerprint density at radius 3 is 2.74 bits per heavy atom. The molecule has 1 saturated heterocycles. The summed E-state index contributed by atoms with van der Waals surface area (Å²) in [5.74, 6) is 1.36. The van der Waals surface area contributed by atoms with Crippen LogP contribution in [0.2, 0.25) is 0 Å². The van der Waals surface area contributed by atoms with Crippen LogP contribution in [0.25, 0.3) is 0 Å². The van der Waals surface area contributed by atoms with Crippen LogP contribution in [-0.4, -0.2) is 47.6 Å². The fourth-order valence-corrected chi connectivity index (χ4v) is 3.14. The maximum atomic E-state index is 12.0. The number of anilines is 1. The van der Waals surface area contributed by atoms with E-state index in [-0.39, 0.29) is 17.4 Å². The highest BCUT2D eigenvalue weighted by Gasteiger charge is 2.25. The van der Waals surface area contributed by atoms with Crippen molar-refractivity contribution in [2.24, 2.45) is 5.41 Å². The SMILES string of the molecule is CN1CCNCC1c1noc(Cc2ccc(NC(=O)CC(C)(C)C)cc2)n1. The third kappa shape index (κ3) is 5.61. The Kier molecular flexibility index (Phi) is 5.92. The maximum absolute atomic E-state index is 12.0. The predicted molar refractivity (Wildman–Crippen MR) is 104 cm³/mol. The molecule has 1 atom stereocenters. The Morgan fingerprint density at radius 2 is 2.07 bits per heavy atom. The van der Waals surface area contributed by atoms with Gasteiger partial charge in [-0.1, -0.05) is 38.1 Å². The monoisotopic (exact) mass is 371 g/mol. The van der Waals surface area contributed by atoms with Gasteiger partial charge >= 0.3 is 0 Å². The number of rotatable bonds is 5. The average molecular weight is 371 g/mol. The number of likely N-dealkylation sites (N-methyl/N-ethyl adjacent to an activating group) is 1. The fourth-order valence-electron chi connectivity index (χ4n) is 3.14. The standard InChI is InChI=1S/C20H29N5O2/c1-20(2,3)12-17(26)22-15-7-5-14(6-8-15)11-18-23-19(24-27-18)16-13-21-9-10-25(16)4/h5-8,16,21H,9-13H2,1-4H3,(H,22,26). The molecule has 1 aromatic carbocycles. The highest BCUT2D eigenvalue weighted by Crippen LogP contribution is 2.21. The van der Waals surface area contributed by atoms with Gasteiger partial charge < -0.3 is 15.2 Å². The van der Waals surface area contributed by atoms with Crippen molar-refractivity contribution >= 4 is 11.6 Å². The largest absolute Gasteiger partial charge is 0.339 e. The minimum Gasteiger partial charge on any atom is -0.339 e. The van der Waals surface area contributed by atoms with Gasteiger partial charge in [-0.2, -0.15) is 4.98 Å². The van der Waals surface area contributed by atoms with Crippen molar-refractivity contribution in [1.82, 2.24) is 20.4 Å². The van der Waals surface area contributed by atoms with Crippen LogP contribution < -0.4 is 10.6 Å². The number of benzene rings is 1. The summed E-state index contributed by atoms with van der Waals surface area (Å²) in [6.07, 6.45) is 1.07. The second-order valence-corrected chi connectivity index (χ2v) is 8.41. The molecule has 2 heterocycles. The van der Waals surface area contributed by atoms with Crippen LogP contribution in [0.3, 0.4) is 0 Å². The zero-order valence-electron chi connectivity index (χ0n) is 16.6. The fraction of sp³-hybridized carbons (Fsp3) is 0.550. The number of nitrogens with one attached hydrogen (secondary N) is 2. The first-order valence-electron chi connectivity index (χ1n) is 9.42. The molecule has 2 N–H and O–H groups in total. The van der Waals surface area contributed by atoms with E-state index in [0.717, 1.165) is 36.7 Å². The lowest BCUT2D eigenvalue weighted by molar-refractivity contribution is -0.117. The lowest BCUT2D eigenvalue weighted by Crippen LogP contribution is -2.44. The molecular formula is C20H29N5O2. The molecule has 7 nitrogen and oxygen atoms in total. The number of carbonyl (C=O) groups is 1. The van der Waals surface area contributed by atoms with E-state index in [1.54, 1.807) is 0 Å². The Hall–Kier alpha value is -2.25. The highest BCUT2D eigenvalue weighted by atomic mass is 16.5. The van der Waals surface area contributed by atoms with Crippen LogP contribution >= 0.6 is 0 Å². The second-order valence-electron chi connectivity index (χ2n) is 8.41. The lowest BCUT2D eigenvalue weighted by atomic mass is 9.92. The summed E-state index contributed by atoms with van der Waals surface area (Å²) in [6, 6.07) is 7.92. The molecule has 1 unspecified atom stereocenters. The van der Waals surface area contributed by atoms with Crippen LogP contribution in [0.5, 0.6) is 0 Å². The summed E-state index contributed by atoms with van der Waals surface area (Å²) in [7, 11) is 2.08. The molecule has 27 heavy (non-hydrogen) atoms. The summed E-state index contributed by atoms with van der Waals surface area (Å²) in [4.78, 5) is 18.8. The third-order valence-electron chi connectivity index (χ3n) is 4.58. The first-order valence-corrected chi connectivity index (χ1v) is 9.42. The quantitative estimate of drug-likeness (QED) is 0.841. The Bertz CT molecular complexity index is 763. The van der Waals surface area contributed by atoms with Crippen molar-refractivity contribution in [3.8, 4) is 0 Å². The smallest absolute Gasteiger partial charge is 0.231 e. The first-order chi connectivity index (χ1) is 12.8. The van der Waals surface area contributed by atoms with E-state index in [1.165, 1.54) is 0 Å². The number of amides is 1. The Morgan fingerprint density at radius 1 is 1.33 bits per heavy atom. The number of aromatic nitrogens is 2. The van der Waals surface area contributed by atoms with E-state index in [1.807, 2.05) is 24.3 Å². The van der Waals surface area contributed by atoms with Crippen molar-refractivity contribution in [3.63, 3.8) is 0 Å². The van der Waals surface area contributed by atoms with Crippen molar-refractivity contribution in [3.05, 3.63) is 41.5 Å². The third-order valence-corrected chi connectivity index (χ3v) is 4.58. The van der Waals surface area contributed by atoms with Crippen LogP contribution in [0, 0.1) is 5.41 Å². The summed E-state index contributed by atoms with van der Waals surface area (Å²) in [6.45, 7) is 8.94. The number of carbonyl (C=O) groups excluding carboxylic acids is 1. The molecule has 0 saturated carbocycles. The molecule has 0 bridgehead atoms. The zero-order chi connectivity index (χ0) is 19.4. The molecule has 7 heteroatoms. The minimum atomic E-state index is -0.0262. The number of nitrogens with zero attached hydrogens (tertiary/aromatic N) is 3. The zero-order valence-corrected chi connectivity index (χ0v) is 16.6. The van der Waals surface area contributed by atoms with Gasteiger partial charge in [0.25, 0.3) is 0 Å². The average Bonchev–Trinajstić information content (AvgIpc) is 3.03. The van der Waals surface area contributed by atoms with Gasteiger partial charge in [-0.25, -0.2) is 0 Å². The molecule has 1 fully saturated rings. The summed E-state index contributed by atoms with van der Waals surface area (Å²) in [5, 5.41) is 10.5. The van der Waals surface area contributed by atoms with Gasteiger partial charge in [0.1, 0.15) is 0 Å². The van der Waals surface area contributed by atoms with Crippen LogP contribution in [0.1, 0.15) is 50.5 Å². The number of hydrogen-bond acceptors (Lipinski definition) is 6. The molecule has 146 valence electrons. The van der Waals surface area contributed by atoms with E-state index >= 15 is 0 Å². The Balaban J connectivity index is 1.58. The van der Waals surface area contributed by atoms with Crippen molar-refractivity contribution < 1.29 is 9.32 Å². The van der Waals surface area contributed by atoms with Gasteiger partial charge in [-0.15, -0.1) is 0 Å². The van der Waals surface area contributed by atoms with Gasteiger partial charge in [0, 0.05) is 31.7 Å². The summed E-state index contributed by atoms with van der Waals surface area (Å²) in [5.41, 5.74) is 1.84. The second kappa shape index (κ2) is 8.19. The van der Waals surface area contributed by atoms with Crippen molar-refractivity contribution in [1.29, 1.82) is 0 Å². The van der Waals surface area contributed by atoms with Crippen LogP contribution in [0.4, 0.5) is 5.69 Å². The van der Waals surface area contributed by atoms with Crippen LogP contribution in [-0.2, 0) is 11.2 Å². The molecule has 0 spiro atoms. The minimum absolute atomic E-state index is 0.0262. The van der Waals surface area contributed by atoms with E-state index < -0.39 is 0 Å². The molecule has 2 aromatic rings. The summed E-state index contributed by atoms with van der Waals surface area (Å²) < 4.78 is 5.43.